The van der Waals surface area contributed by atoms with E-state index in [4.69, 9.17) is 0 Å². The molecule has 146 valence electrons. The Bertz CT molecular complexity index is 1030. The van der Waals surface area contributed by atoms with Crippen molar-refractivity contribution in [1.29, 1.82) is 0 Å². The Balaban J connectivity index is 1.73. The summed E-state index contributed by atoms with van der Waals surface area (Å²) >= 11 is 0. The summed E-state index contributed by atoms with van der Waals surface area (Å²) in [6.45, 7) is 4.42. The van der Waals surface area contributed by atoms with Crippen molar-refractivity contribution >= 4 is 22.8 Å². The smallest absolute Gasteiger partial charge is 0.253 e. The molecule has 0 aliphatic carbocycles. The van der Waals surface area contributed by atoms with Crippen LogP contribution in [0.25, 0.3) is 11.0 Å². The van der Waals surface area contributed by atoms with Crippen molar-refractivity contribution in [3.05, 3.63) is 53.2 Å². The van der Waals surface area contributed by atoms with E-state index in [2.05, 4.69) is 20.5 Å². The van der Waals surface area contributed by atoms with Crippen molar-refractivity contribution in [2.75, 3.05) is 11.4 Å². The number of halogens is 2. The van der Waals surface area contributed by atoms with Gasteiger partial charge in [0.2, 0.25) is 0 Å². The van der Waals surface area contributed by atoms with Gasteiger partial charge in [-0.05, 0) is 51.0 Å². The Hall–Kier alpha value is -3.03. The van der Waals surface area contributed by atoms with E-state index in [1.165, 1.54) is 12.3 Å². The van der Waals surface area contributed by atoms with Gasteiger partial charge in [0.25, 0.3) is 5.91 Å². The van der Waals surface area contributed by atoms with E-state index in [-0.39, 0.29) is 18.0 Å². The van der Waals surface area contributed by atoms with Crippen LogP contribution >= 0.6 is 0 Å². The maximum atomic E-state index is 14.4. The second-order valence-corrected chi connectivity index (χ2v) is 7.31. The number of amides is 1. The molecule has 3 aromatic rings. The number of nitrogens with zero attached hydrogens (tertiary/aromatic N) is 3. The molecule has 28 heavy (non-hydrogen) atoms. The summed E-state index contributed by atoms with van der Waals surface area (Å²) in [7, 11) is 0. The highest BCUT2D eigenvalue weighted by molar-refractivity contribution is 5.99. The van der Waals surface area contributed by atoms with E-state index in [1.807, 2.05) is 18.7 Å². The second kappa shape index (κ2) is 7.18. The molecule has 0 radical (unpaired) electrons. The zero-order valence-corrected chi connectivity index (χ0v) is 15.7. The molecule has 1 aromatic carbocycles. The maximum absolute atomic E-state index is 14.4. The summed E-state index contributed by atoms with van der Waals surface area (Å²) in [5.74, 6) is -0.531. The molecular weight excluding hydrogens is 364 g/mol. The fourth-order valence-electron chi connectivity index (χ4n) is 3.69. The quantitative estimate of drug-likeness (QED) is 0.718. The van der Waals surface area contributed by atoms with Gasteiger partial charge >= 0.3 is 0 Å². The average Bonchev–Trinajstić information content (AvgIpc) is 3.28. The van der Waals surface area contributed by atoms with Crippen molar-refractivity contribution < 1.29 is 13.6 Å². The second-order valence-electron chi connectivity index (χ2n) is 7.31. The van der Waals surface area contributed by atoms with Crippen LogP contribution in [0.15, 0.2) is 30.5 Å². The highest BCUT2D eigenvalue weighted by Gasteiger charge is 2.31. The van der Waals surface area contributed by atoms with E-state index >= 15 is 0 Å². The molecule has 3 heterocycles. The molecule has 2 aromatic heterocycles. The first-order chi connectivity index (χ1) is 13.4. The van der Waals surface area contributed by atoms with E-state index in [0.717, 1.165) is 18.6 Å². The Morgan fingerprint density at radius 2 is 2.14 bits per heavy atom. The summed E-state index contributed by atoms with van der Waals surface area (Å²) < 4.78 is 28.1. The zero-order chi connectivity index (χ0) is 19.8. The molecular formula is C20H21F2N5O. The first-order valence-corrected chi connectivity index (χ1v) is 9.30. The monoisotopic (exact) mass is 385 g/mol. The summed E-state index contributed by atoms with van der Waals surface area (Å²) in [5, 5.41) is 10.7. The molecule has 1 saturated heterocycles. The number of nitrogens with one attached hydrogen (secondary N) is 2. The van der Waals surface area contributed by atoms with Crippen LogP contribution in [-0.4, -0.2) is 33.7 Å². The van der Waals surface area contributed by atoms with Crippen LogP contribution in [0.4, 0.5) is 14.6 Å². The Morgan fingerprint density at radius 3 is 2.93 bits per heavy atom. The number of pyridine rings is 1. The fraction of sp³-hybridized carbons (Fsp3) is 0.350. The van der Waals surface area contributed by atoms with Crippen molar-refractivity contribution in [2.45, 2.75) is 38.8 Å². The van der Waals surface area contributed by atoms with Gasteiger partial charge in [-0.1, -0.05) is 0 Å². The van der Waals surface area contributed by atoms with E-state index < -0.39 is 11.6 Å². The number of carbonyl (C=O) groups is 1. The molecule has 1 atom stereocenters. The molecule has 4 rings (SSSR count). The average molecular weight is 385 g/mol. The number of anilines is 1. The predicted molar refractivity (Wildman–Crippen MR) is 102 cm³/mol. The van der Waals surface area contributed by atoms with Crippen molar-refractivity contribution in [3.63, 3.8) is 0 Å². The molecule has 6 nitrogen and oxygen atoms in total. The zero-order valence-electron chi connectivity index (χ0n) is 15.7. The van der Waals surface area contributed by atoms with E-state index in [9.17, 15) is 13.6 Å². The number of fused-ring (bicyclic) bond motifs is 1. The maximum Gasteiger partial charge on any atom is 0.253 e. The summed E-state index contributed by atoms with van der Waals surface area (Å²) in [6.07, 6.45) is 3.02. The molecule has 0 bridgehead atoms. The standard InChI is InChI=1S/C20H21F2N5O/c1-11(2)24-20(28)12-8-15-18(23-10-12)25-26-19(15)27-7-3-4-17(27)14-9-13(21)5-6-16(14)22/h5-6,8-11,17H,3-4,7H2,1-2H3,(H,24,28)(H,23,25,26)/t17-/m1/s1. The Kier molecular flexibility index (Phi) is 4.70. The minimum absolute atomic E-state index is 0.00549. The minimum atomic E-state index is -0.468. The number of rotatable bonds is 4. The van der Waals surface area contributed by atoms with Gasteiger partial charge in [0.05, 0.1) is 17.0 Å². The lowest BCUT2D eigenvalue weighted by Gasteiger charge is -2.25. The lowest BCUT2D eigenvalue weighted by Crippen LogP contribution is -2.30. The van der Waals surface area contributed by atoms with Crippen LogP contribution in [0.3, 0.4) is 0 Å². The van der Waals surface area contributed by atoms with Gasteiger partial charge in [0.15, 0.2) is 11.5 Å². The lowest BCUT2D eigenvalue weighted by atomic mass is 10.0. The molecule has 1 aliphatic heterocycles. The third-order valence-electron chi connectivity index (χ3n) is 4.92. The Morgan fingerprint density at radius 1 is 1.32 bits per heavy atom. The topological polar surface area (TPSA) is 73.9 Å². The number of carbonyl (C=O) groups excluding carboxylic acids is 1. The SMILES string of the molecule is CC(C)NC(=O)c1cnc2[nH]nc(N3CCC[C@@H]3c3cc(F)ccc3F)c2c1. The number of hydrogen-bond acceptors (Lipinski definition) is 4. The highest BCUT2D eigenvalue weighted by atomic mass is 19.1. The molecule has 1 fully saturated rings. The van der Waals surface area contributed by atoms with Gasteiger partial charge in [0, 0.05) is 24.3 Å². The number of hydrogen-bond donors (Lipinski definition) is 2. The molecule has 0 saturated carbocycles. The summed E-state index contributed by atoms with van der Waals surface area (Å²) in [6, 6.07) is 4.93. The van der Waals surface area contributed by atoms with Crippen LogP contribution < -0.4 is 10.2 Å². The largest absolute Gasteiger partial charge is 0.350 e. The van der Waals surface area contributed by atoms with Gasteiger partial charge in [-0.25, -0.2) is 13.8 Å². The van der Waals surface area contributed by atoms with E-state index in [1.54, 1.807) is 6.07 Å². The molecule has 8 heteroatoms. The molecule has 1 aliphatic rings. The van der Waals surface area contributed by atoms with Crippen LogP contribution in [0, 0.1) is 11.6 Å². The number of aromatic nitrogens is 3. The number of aromatic amines is 1. The van der Waals surface area contributed by atoms with Gasteiger partial charge in [0.1, 0.15) is 11.6 Å². The molecule has 0 unspecified atom stereocenters. The third-order valence-corrected chi connectivity index (χ3v) is 4.92. The van der Waals surface area contributed by atoms with Gasteiger partial charge in [-0.15, -0.1) is 0 Å². The Labute approximate surface area is 161 Å². The van der Waals surface area contributed by atoms with Crippen molar-refractivity contribution in [1.82, 2.24) is 20.5 Å². The summed E-state index contributed by atoms with van der Waals surface area (Å²) in [5.41, 5.74) is 1.29. The minimum Gasteiger partial charge on any atom is -0.350 e. The lowest BCUT2D eigenvalue weighted by molar-refractivity contribution is 0.0943. The highest BCUT2D eigenvalue weighted by Crippen LogP contribution is 2.39. The first-order valence-electron chi connectivity index (χ1n) is 9.30. The van der Waals surface area contributed by atoms with Crippen molar-refractivity contribution in [2.24, 2.45) is 0 Å². The third kappa shape index (κ3) is 3.30. The molecule has 0 spiro atoms. The van der Waals surface area contributed by atoms with Crippen LogP contribution in [0.2, 0.25) is 0 Å². The van der Waals surface area contributed by atoms with Gasteiger partial charge in [-0.2, -0.15) is 5.10 Å². The number of H-pyrrole nitrogens is 1. The van der Waals surface area contributed by atoms with Crippen LogP contribution in [0.1, 0.15) is 48.7 Å². The van der Waals surface area contributed by atoms with Crippen LogP contribution in [0.5, 0.6) is 0 Å². The first kappa shape index (κ1) is 18.3. The molecule has 1 amide bonds. The molecule has 2 N–H and O–H groups in total. The van der Waals surface area contributed by atoms with Gasteiger partial charge in [-0.3, -0.25) is 9.89 Å². The fourth-order valence-corrected chi connectivity index (χ4v) is 3.69. The van der Waals surface area contributed by atoms with Crippen molar-refractivity contribution in [3.8, 4) is 0 Å². The van der Waals surface area contributed by atoms with Crippen LogP contribution in [-0.2, 0) is 0 Å². The van der Waals surface area contributed by atoms with E-state index in [0.29, 0.717) is 40.9 Å². The normalized spacial score (nSPS) is 16.9. The summed E-state index contributed by atoms with van der Waals surface area (Å²) in [4.78, 5) is 18.6. The van der Waals surface area contributed by atoms with Gasteiger partial charge < -0.3 is 10.2 Å². The predicted octanol–water partition coefficient (Wildman–Crippen LogP) is 3.72. The number of benzene rings is 1.